The quantitative estimate of drug-likeness (QED) is 0.225. The van der Waals surface area contributed by atoms with E-state index in [0.717, 1.165) is 6.42 Å². The van der Waals surface area contributed by atoms with Gasteiger partial charge in [0, 0.05) is 33.8 Å². The fourth-order valence-electron chi connectivity index (χ4n) is 2.18. The highest BCUT2D eigenvalue weighted by Crippen LogP contribution is 2.34. The Balaban J connectivity index is 0. The molecule has 0 aromatic carbocycles. The molecule has 0 radical (unpaired) electrons. The van der Waals surface area contributed by atoms with Gasteiger partial charge in [-0.25, -0.2) is 4.79 Å². The van der Waals surface area contributed by atoms with E-state index in [2.05, 4.69) is 50.5 Å². The number of carboxylic acids is 2. The van der Waals surface area contributed by atoms with E-state index in [1.54, 1.807) is 6.92 Å². The summed E-state index contributed by atoms with van der Waals surface area (Å²) in [6.07, 6.45) is 1.61. The predicted molar refractivity (Wildman–Crippen MR) is 115 cm³/mol. The standard InChI is InChI=1S/C10H18O4S5.C4H8O2/c1-10(2-6(17)4-15,3-7(18)5-16)8(9(11)12)19(13)14;1-2-3-4(5)6/h6-7,15-18H,2-5H2,1H3,(H,11,12);2-3H2,1H3,(H,5,6). The van der Waals surface area contributed by atoms with E-state index in [4.69, 9.17) is 10.2 Å². The first-order chi connectivity index (χ1) is 11.4. The lowest BCUT2D eigenvalue weighted by Gasteiger charge is -2.32. The summed E-state index contributed by atoms with van der Waals surface area (Å²) < 4.78 is 22.4. The van der Waals surface area contributed by atoms with Gasteiger partial charge in [-0.2, -0.15) is 58.9 Å². The number of carbonyl (C=O) groups is 2. The van der Waals surface area contributed by atoms with Crippen LogP contribution in [0.4, 0.5) is 0 Å². The minimum atomic E-state index is -2.79. The van der Waals surface area contributed by atoms with Gasteiger partial charge in [-0.3, -0.25) is 4.79 Å². The molecule has 0 heterocycles. The van der Waals surface area contributed by atoms with E-state index in [0.29, 0.717) is 30.8 Å². The average molecular weight is 451 g/mol. The molecule has 0 saturated heterocycles. The van der Waals surface area contributed by atoms with Crippen molar-refractivity contribution in [3.05, 3.63) is 0 Å². The smallest absolute Gasteiger partial charge is 0.347 e. The van der Waals surface area contributed by atoms with E-state index in [9.17, 15) is 18.0 Å². The van der Waals surface area contributed by atoms with Crippen LogP contribution in [0.5, 0.6) is 0 Å². The Bertz CT molecular complexity index is 540. The topological polar surface area (TPSA) is 109 Å². The van der Waals surface area contributed by atoms with Crippen LogP contribution in [0.1, 0.15) is 39.5 Å². The molecule has 0 aromatic rings. The zero-order valence-electron chi connectivity index (χ0n) is 14.1. The van der Waals surface area contributed by atoms with E-state index in [1.807, 2.05) is 6.92 Å². The molecule has 0 aromatic heterocycles. The summed E-state index contributed by atoms with van der Waals surface area (Å²) in [6.45, 7) is 3.44. The van der Waals surface area contributed by atoms with Gasteiger partial charge in [0.2, 0.25) is 10.3 Å². The molecular formula is C14H26O6S5. The Kier molecular flexibility index (Phi) is 15.4. The Morgan fingerprint density at radius 3 is 1.60 bits per heavy atom. The maximum Gasteiger partial charge on any atom is 0.347 e. The fraction of sp³-hybridized carbons (Fsp3) is 0.786. The lowest BCUT2D eigenvalue weighted by molar-refractivity contribution is -0.137. The number of thiol groups is 4. The zero-order chi connectivity index (χ0) is 20.2. The van der Waals surface area contributed by atoms with Gasteiger partial charge >= 0.3 is 11.9 Å². The summed E-state index contributed by atoms with van der Waals surface area (Å²) in [5.41, 5.74) is -1.04. The Morgan fingerprint density at radius 1 is 1.04 bits per heavy atom. The molecule has 2 N–H and O–H groups in total. The van der Waals surface area contributed by atoms with Gasteiger partial charge in [-0.1, -0.05) is 13.8 Å². The third kappa shape index (κ3) is 12.1. The third-order valence-corrected chi connectivity index (χ3v) is 6.36. The highest BCUT2D eigenvalue weighted by molar-refractivity contribution is 7.85. The minimum absolute atomic E-state index is 0.202. The van der Waals surface area contributed by atoms with Crippen LogP contribution in [0.25, 0.3) is 0 Å². The second kappa shape index (κ2) is 14.1. The van der Waals surface area contributed by atoms with E-state index in [-0.39, 0.29) is 10.5 Å². The van der Waals surface area contributed by atoms with Crippen molar-refractivity contribution in [2.24, 2.45) is 5.41 Å². The maximum atomic E-state index is 11.2. The summed E-state index contributed by atoms with van der Waals surface area (Å²) in [6, 6.07) is 0. The van der Waals surface area contributed by atoms with Crippen molar-refractivity contribution in [2.45, 2.75) is 50.0 Å². The van der Waals surface area contributed by atoms with Crippen molar-refractivity contribution >= 4 is 77.6 Å². The van der Waals surface area contributed by atoms with Gasteiger partial charge in [0.1, 0.15) is 0 Å². The molecule has 0 amide bonds. The molecule has 0 rings (SSSR count). The summed E-state index contributed by atoms with van der Waals surface area (Å²) in [7, 11) is -2.79. The van der Waals surface area contributed by atoms with Crippen LogP contribution in [0.15, 0.2) is 0 Å². The van der Waals surface area contributed by atoms with Gasteiger partial charge < -0.3 is 10.2 Å². The molecule has 0 spiro atoms. The van der Waals surface area contributed by atoms with Gasteiger partial charge in [0.25, 0.3) is 0 Å². The van der Waals surface area contributed by atoms with E-state index < -0.39 is 32.5 Å². The van der Waals surface area contributed by atoms with E-state index >= 15 is 0 Å². The van der Waals surface area contributed by atoms with Crippen LogP contribution in [0.2, 0.25) is 0 Å². The van der Waals surface area contributed by atoms with Crippen molar-refractivity contribution < 1.29 is 28.2 Å². The maximum absolute atomic E-state index is 11.2. The number of aliphatic carboxylic acids is 2. The van der Waals surface area contributed by atoms with E-state index in [1.165, 1.54) is 0 Å². The molecule has 0 aliphatic heterocycles. The lowest BCUT2D eigenvalue weighted by Crippen LogP contribution is -2.39. The van der Waals surface area contributed by atoms with Crippen LogP contribution in [-0.4, -0.2) is 57.4 Å². The van der Waals surface area contributed by atoms with Crippen molar-refractivity contribution in [1.29, 1.82) is 0 Å². The number of rotatable bonds is 10. The Hall–Kier alpha value is 0.0300. The molecule has 0 saturated carbocycles. The molecule has 25 heavy (non-hydrogen) atoms. The van der Waals surface area contributed by atoms with Crippen LogP contribution in [-0.2, 0) is 19.9 Å². The summed E-state index contributed by atoms with van der Waals surface area (Å²) >= 11 is 16.7. The van der Waals surface area contributed by atoms with Crippen LogP contribution in [0, 0.1) is 5.41 Å². The number of hydrogen-bond donors (Lipinski definition) is 6. The van der Waals surface area contributed by atoms with Gasteiger partial charge in [-0.15, -0.1) is 0 Å². The third-order valence-electron chi connectivity index (χ3n) is 3.17. The molecule has 0 fully saturated rings. The first-order valence-corrected chi connectivity index (χ1v) is 10.8. The predicted octanol–water partition coefficient (Wildman–Crippen LogP) is 2.24. The summed E-state index contributed by atoms with van der Waals surface area (Å²) in [5.74, 6) is -1.29. The molecule has 6 nitrogen and oxygen atoms in total. The highest BCUT2D eigenvalue weighted by Gasteiger charge is 2.39. The second-order valence-corrected chi connectivity index (χ2v) is 8.72. The molecule has 2 atom stereocenters. The lowest BCUT2D eigenvalue weighted by atomic mass is 9.78. The van der Waals surface area contributed by atoms with Gasteiger partial charge in [-0.05, 0) is 19.3 Å². The first kappa shape index (κ1) is 27.3. The first-order valence-electron chi connectivity index (χ1n) is 7.44. The van der Waals surface area contributed by atoms with Crippen molar-refractivity contribution in [2.75, 3.05) is 11.5 Å². The summed E-state index contributed by atoms with van der Waals surface area (Å²) in [5, 5.41) is 16.6. The summed E-state index contributed by atoms with van der Waals surface area (Å²) in [4.78, 5) is 20.3. The average Bonchev–Trinajstić information content (AvgIpc) is 2.45. The molecule has 11 heteroatoms. The van der Waals surface area contributed by atoms with Gasteiger partial charge in [0.05, 0.1) is 0 Å². The van der Waals surface area contributed by atoms with Crippen LogP contribution in [0.3, 0.4) is 0 Å². The van der Waals surface area contributed by atoms with Gasteiger partial charge in [0.15, 0.2) is 4.86 Å². The fourth-order valence-corrected chi connectivity index (χ4v) is 3.96. The normalized spacial score (nSPS) is 15.1. The van der Waals surface area contributed by atoms with Crippen LogP contribution >= 0.6 is 50.5 Å². The van der Waals surface area contributed by atoms with Crippen molar-refractivity contribution in [3.8, 4) is 0 Å². The largest absolute Gasteiger partial charge is 0.481 e. The zero-order valence-corrected chi connectivity index (χ0v) is 18.5. The van der Waals surface area contributed by atoms with Crippen LogP contribution < -0.4 is 0 Å². The molecule has 2 unspecified atom stereocenters. The molecule has 0 aliphatic carbocycles. The Labute approximate surface area is 172 Å². The SMILES string of the molecule is CC(CC(S)CS)(CC(S)CS)C(C(=O)O)=S(=O)=O.CCCC(=O)O. The minimum Gasteiger partial charge on any atom is -0.481 e. The number of carboxylic acid groups (broad SMARTS) is 2. The molecular weight excluding hydrogens is 424 g/mol. The molecule has 148 valence electrons. The molecule has 0 aliphatic rings. The second-order valence-electron chi connectivity index (χ2n) is 5.65. The highest BCUT2D eigenvalue weighted by atomic mass is 32.2. The molecule has 0 bridgehead atoms. The monoisotopic (exact) mass is 450 g/mol. The van der Waals surface area contributed by atoms with Crippen molar-refractivity contribution in [3.63, 3.8) is 0 Å². The van der Waals surface area contributed by atoms with Crippen molar-refractivity contribution in [1.82, 2.24) is 0 Å². The Morgan fingerprint density at radius 2 is 1.44 bits per heavy atom. The number of hydrogen-bond acceptors (Lipinski definition) is 8.